The molecule has 0 radical (unpaired) electrons. The van der Waals surface area contributed by atoms with Gasteiger partial charge in [0.25, 0.3) is 0 Å². The smallest absolute Gasteiger partial charge is 0.235 e. The van der Waals surface area contributed by atoms with Crippen molar-refractivity contribution in [3.63, 3.8) is 0 Å². The van der Waals surface area contributed by atoms with Gasteiger partial charge in [-0.05, 0) is 38.5 Å². The summed E-state index contributed by atoms with van der Waals surface area (Å²) in [4.78, 5) is 24.8. The van der Waals surface area contributed by atoms with Gasteiger partial charge in [-0.1, -0.05) is 27.7 Å². The summed E-state index contributed by atoms with van der Waals surface area (Å²) >= 11 is 0. The molecule has 4 N–H and O–H groups in total. The van der Waals surface area contributed by atoms with E-state index in [2.05, 4.69) is 10.6 Å². The number of aliphatic hydroxyl groups excluding tert-OH is 2. The lowest BCUT2D eigenvalue weighted by Gasteiger charge is -2.28. The predicted octanol–water partition coefficient (Wildman–Crippen LogP) is 1.06. The average Bonchev–Trinajstić information content (AvgIpc) is 2.44. The minimum Gasteiger partial charge on any atom is -0.394 e. The van der Waals surface area contributed by atoms with E-state index in [9.17, 15) is 19.8 Å². The van der Waals surface area contributed by atoms with Crippen LogP contribution >= 0.6 is 0 Å². The third-order valence-electron chi connectivity index (χ3n) is 3.76. The van der Waals surface area contributed by atoms with E-state index in [1.54, 1.807) is 13.8 Å². The summed E-state index contributed by atoms with van der Waals surface area (Å²) in [5, 5.41) is 24.2. The lowest BCUT2D eigenvalue weighted by atomic mass is 9.89. The molecule has 2 amide bonds. The zero-order valence-electron chi connectivity index (χ0n) is 15.3. The van der Waals surface area contributed by atoms with Crippen LogP contribution in [-0.2, 0) is 9.59 Å². The molecule has 0 aromatic carbocycles. The van der Waals surface area contributed by atoms with Crippen LogP contribution in [0.15, 0.2) is 0 Å². The Morgan fingerprint density at radius 1 is 0.826 bits per heavy atom. The quantitative estimate of drug-likeness (QED) is 0.450. The number of nitrogens with one attached hydrogen (secondary N) is 2. The third-order valence-corrected chi connectivity index (χ3v) is 3.76. The number of hydrogen-bond acceptors (Lipinski definition) is 4. The van der Waals surface area contributed by atoms with Gasteiger partial charge in [0.05, 0.1) is 25.3 Å². The standard InChI is InChI=1S/C17H34N2O4/c1-11(2)7-13(9-20)18-15(22)17(5,6)16(23)19-14(10-21)8-12(3)4/h11-14,20-21H,7-10H2,1-6H3,(H,18,22)(H,19,23)/t13-,14-/m1/s1. The minimum atomic E-state index is -1.27. The highest BCUT2D eigenvalue weighted by molar-refractivity contribution is 6.04. The van der Waals surface area contributed by atoms with E-state index in [-0.39, 0.29) is 25.3 Å². The third kappa shape index (κ3) is 7.79. The minimum absolute atomic E-state index is 0.158. The van der Waals surface area contributed by atoms with E-state index in [1.807, 2.05) is 27.7 Å². The van der Waals surface area contributed by atoms with Gasteiger partial charge in [0, 0.05) is 0 Å². The molecule has 0 aromatic heterocycles. The Morgan fingerprint density at radius 2 is 1.13 bits per heavy atom. The van der Waals surface area contributed by atoms with Crippen molar-refractivity contribution in [3.8, 4) is 0 Å². The zero-order valence-corrected chi connectivity index (χ0v) is 15.3. The molecule has 6 heteroatoms. The van der Waals surface area contributed by atoms with Crippen molar-refractivity contribution in [2.45, 2.75) is 66.5 Å². The zero-order chi connectivity index (χ0) is 18.2. The molecule has 0 saturated heterocycles. The fourth-order valence-corrected chi connectivity index (χ4v) is 2.33. The molecule has 6 nitrogen and oxygen atoms in total. The molecule has 0 aromatic rings. The molecule has 0 aliphatic rings. The molecule has 0 aliphatic heterocycles. The predicted molar refractivity (Wildman–Crippen MR) is 90.7 cm³/mol. The number of amides is 2. The summed E-state index contributed by atoms with van der Waals surface area (Å²) < 4.78 is 0. The van der Waals surface area contributed by atoms with Crippen molar-refractivity contribution in [3.05, 3.63) is 0 Å². The lowest BCUT2D eigenvalue weighted by molar-refractivity contribution is -0.142. The molecule has 23 heavy (non-hydrogen) atoms. The maximum absolute atomic E-state index is 12.4. The van der Waals surface area contributed by atoms with E-state index in [0.29, 0.717) is 24.7 Å². The molecule has 0 spiro atoms. The Hall–Kier alpha value is -1.14. The first-order valence-corrected chi connectivity index (χ1v) is 8.38. The summed E-state index contributed by atoms with van der Waals surface area (Å²) in [7, 11) is 0. The van der Waals surface area contributed by atoms with Gasteiger partial charge in [0.2, 0.25) is 11.8 Å². The Morgan fingerprint density at radius 3 is 1.35 bits per heavy atom. The Kier molecular flexibility index (Phi) is 9.39. The second-order valence-electron chi connectivity index (χ2n) is 7.59. The first kappa shape index (κ1) is 21.9. The van der Waals surface area contributed by atoms with Crippen LogP contribution in [-0.4, -0.2) is 47.3 Å². The molecule has 0 unspecified atom stereocenters. The number of rotatable bonds is 10. The Labute approximate surface area is 140 Å². The summed E-state index contributed by atoms with van der Waals surface area (Å²) in [6.45, 7) is 10.8. The van der Waals surface area contributed by atoms with Crippen molar-refractivity contribution < 1.29 is 19.8 Å². The van der Waals surface area contributed by atoms with Gasteiger partial charge >= 0.3 is 0 Å². The van der Waals surface area contributed by atoms with Gasteiger partial charge in [-0.25, -0.2) is 0 Å². The van der Waals surface area contributed by atoms with Crippen molar-refractivity contribution in [1.82, 2.24) is 10.6 Å². The monoisotopic (exact) mass is 330 g/mol. The van der Waals surface area contributed by atoms with Gasteiger partial charge in [0.1, 0.15) is 5.41 Å². The van der Waals surface area contributed by atoms with Crippen LogP contribution < -0.4 is 10.6 Å². The number of carbonyl (C=O) groups excluding carboxylic acids is 2. The van der Waals surface area contributed by atoms with E-state index < -0.39 is 17.2 Å². The van der Waals surface area contributed by atoms with Crippen LogP contribution in [0.2, 0.25) is 0 Å². The highest BCUT2D eigenvalue weighted by atomic mass is 16.3. The average molecular weight is 330 g/mol. The Bertz CT molecular complexity index is 347. The molecular weight excluding hydrogens is 296 g/mol. The van der Waals surface area contributed by atoms with Crippen molar-refractivity contribution in [2.24, 2.45) is 17.3 Å². The van der Waals surface area contributed by atoms with Crippen LogP contribution in [0.4, 0.5) is 0 Å². The van der Waals surface area contributed by atoms with Crippen LogP contribution in [0.3, 0.4) is 0 Å². The second-order valence-corrected chi connectivity index (χ2v) is 7.59. The Balaban J connectivity index is 4.80. The molecular formula is C17H34N2O4. The van der Waals surface area contributed by atoms with Crippen molar-refractivity contribution >= 4 is 11.8 Å². The highest BCUT2D eigenvalue weighted by Gasteiger charge is 2.37. The topological polar surface area (TPSA) is 98.7 Å². The van der Waals surface area contributed by atoms with Crippen LogP contribution in [0.5, 0.6) is 0 Å². The first-order valence-electron chi connectivity index (χ1n) is 8.38. The SMILES string of the molecule is CC(C)C[C@H](CO)NC(=O)C(C)(C)C(=O)N[C@@H](CO)CC(C)C. The van der Waals surface area contributed by atoms with Crippen molar-refractivity contribution in [1.29, 1.82) is 0 Å². The van der Waals surface area contributed by atoms with Gasteiger partial charge < -0.3 is 20.8 Å². The van der Waals surface area contributed by atoms with Crippen molar-refractivity contribution in [2.75, 3.05) is 13.2 Å². The second kappa shape index (κ2) is 9.88. The van der Waals surface area contributed by atoms with Gasteiger partial charge in [-0.15, -0.1) is 0 Å². The van der Waals surface area contributed by atoms with Crippen LogP contribution in [0, 0.1) is 17.3 Å². The van der Waals surface area contributed by atoms with Gasteiger partial charge in [-0.3, -0.25) is 9.59 Å². The molecule has 0 heterocycles. The van der Waals surface area contributed by atoms with E-state index >= 15 is 0 Å². The molecule has 0 saturated carbocycles. The molecule has 136 valence electrons. The number of aliphatic hydroxyl groups is 2. The molecule has 0 rings (SSSR count). The maximum Gasteiger partial charge on any atom is 0.235 e. The van der Waals surface area contributed by atoms with Crippen LogP contribution in [0.25, 0.3) is 0 Å². The van der Waals surface area contributed by atoms with Crippen LogP contribution in [0.1, 0.15) is 54.4 Å². The van der Waals surface area contributed by atoms with E-state index in [4.69, 9.17) is 0 Å². The fraction of sp³-hybridized carbons (Fsp3) is 0.882. The van der Waals surface area contributed by atoms with Gasteiger partial charge in [-0.2, -0.15) is 0 Å². The lowest BCUT2D eigenvalue weighted by Crippen LogP contribution is -2.53. The summed E-state index contributed by atoms with van der Waals surface area (Å²) in [5.74, 6) is -0.185. The number of carbonyl (C=O) groups is 2. The fourth-order valence-electron chi connectivity index (χ4n) is 2.33. The van der Waals surface area contributed by atoms with E-state index in [1.165, 1.54) is 0 Å². The molecule has 0 fully saturated rings. The first-order chi connectivity index (χ1) is 10.5. The summed E-state index contributed by atoms with van der Waals surface area (Å²) in [6, 6.07) is -0.724. The summed E-state index contributed by atoms with van der Waals surface area (Å²) in [5.41, 5.74) is -1.27. The number of hydrogen-bond donors (Lipinski definition) is 4. The normalized spacial score (nSPS) is 14.7. The van der Waals surface area contributed by atoms with E-state index in [0.717, 1.165) is 0 Å². The largest absolute Gasteiger partial charge is 0.394 e. The highest BCUT2D eigenvalue weighted by Crippen LogP contribution is 2.18. The molecule has 2 atom stereocenters. The molecule has 0 aliphatic carbocycles. The van der Waals surface area contributed by atoms with Gasteiger partial charge in [0.15, 0.2) is 0 Å². The summed E-state index contributed by atoms with van der Waals surface area (Å²) in [6.07, 6.45) is 1.29. The maximum atomic E-state index is 12.4. The molecule has 0 bridgehead atoms.